The topological polar surface area (TPSA) is 56.0 Å². The smallest absolute Gasteiger partial charge is 0.157 e. The molecule has 0 aliphatic carbocycles. The van der Waals surface area contributed by atoms with E-state index in [2.05, 4.69) is 5.32 Å². The molecule has 0 aliphatic heterocycles. The van der Waals surface area contributed by atoms with Crippen LogP contribution in [-0.4, -0.2) is 17.8 Å². The van der Waals surface area contributed by atoms with Crippen molar-refractivity contribution in [2.75, 3.05) is 11.9 Å². The van der Waals surface area contributed by atoms with Gasteiger partial charge in [0.15, 0.2) is 6.10 Å². The molecule has 0 aromatic heterocycles. The molecule has 3 heteroatoms. The summed E-state index contributed by atoms with van der Waals surface area (Å²) in [5.74, 6) is 0. The highest BCUT2D eigenvalue weighted by Gasteiger charge is 2.01. The molecule has 1 atom stereocenters. The maximum Gasteiger partial charge on any atom is 0.157 e. The molecule has 0 unspecified atom stereocenters. The van der Waals surface area contributed by atoms with Crippen molar-refractivity contribution in [3.63, 3.8) is 0 Å². The first kappa shape index (κ1) is 9.56. The fourth-order valence-corrected chi connectivity index (χ4v) is 1.02. The first-order chi connectivity index (χ1) is 6.24. The van der Waals surface area contributed by atoms with Gasteiger partial charge >= 0.3 is 0 Å². The SMILES string of the molecule is Cc1ccccc1NC[C@@H](O)C#N. The van der Waals surface area contributed by atoms with Crippen LogP contribution in [0.3, 0.4) is 0 Å². The van der Waals surface area contributed by atoms with Crippen LogP contribution in [0.4, 0.5) is 5.69 Å². The molecule has 0 saturated heterocycles. The van der Waals surface area contributed by atoms with Crippen LogP contribution in [0.25, 0.3) is 0 Å². The quantitative estimate of drug-likeness (QED) is 0.682. The van der Waals surface area contributed by atoms with E-state index in [0.717, 1.165) is 11.3 Å². The van der Waals surface area contributed by atoms with Gasteiger partial charge < -0.3 is 10.4 Å². The minimum Gasteiger partial charge on any atom is -0.381 e. The van der Waals surface area contributed by atoms with Crippen LogP contribution in [0.5, 0.6) is 0 Å². The fourth-order valence-electron chi connectivity index (χ4n) is 1.02. The number of anilines is 1. The standard InChI is InChI=1S/C10H12N2O/c1-8-4-2-3-5-10(8)12-7-9(13)6-11/h2-5,9,12-13H,7H2,1H3/t9-/m0/s1. The molecule has 13 heavy (non-hydrogen) atoms. The number of hydrogen-bond donors (Lipinski definition) is 2. The summed E-state index contributed by atoms with van der Waals surface area (Å²) in [6.07, 6.45) is -0.945. The van der Waals surface area contributed by atoms with Crippen molar-refractivity contribution in [3.8, 4) is 6.07 Å². The number of aliphatic hydroxyl groups is 1. The monoisotopic (exact) mass is 176 g/mol. The van der Waals surface area contributed by atoms with E-state index in [9.17, 15) is 0 Å². The zero-order valence-electron chi connectivity index (χ0n) is 7.49. The fraction of sp³-hybridized carbons (Fsp3) is 0.300. The first-order valence-electron chi connectivity index (χ1n) is 4.11. The Morgan fingerprint density at radius 2 is 2.23 bits per heavy atom. The van der Waals surface area contributed by atoms with Gasteiger partial charge in [0.2, 0.25) is 0 Å². The van der Waals surface area contributed by atoms with Crippen molar-refractivity contribution in [2.24, 2.45) is 0 Å². The molecular weight excluding hydrogens is 164 g/mol. The number of benzene rings is 1. The van der Waals surface area contributed by atoms with Gasteiger partial charge in [-0.1, -0.05) is 18.2 Å². The van der Waals surface area contributed by atoms with Crippen LogP contribution in [-0.2, 0) is 0 Å². The molecule has 0 spiro atoms. The summed E-state index contributed by atoms with van der Waals surface area (Å²) in [6, 6.07) is 9.49. The summed E-state index contributed by atoms with van der Waals surface area (Å²) in [6.45, 7) is 2.24. The van der Waals surface area contributed by atoms with Gasteiger partial charge in [-0.05, 0) is 18.6 Å². The Morgan fingerprint density at radius 1 is 1.54 bits per heavy atom. The molecule has 0 fully saturated rings. The minimum absolute atomic E-state index is 0.265. The van der Waals surface area contributed by atoms with E-state index in [1.807, 2.05) is 31.2 Å². The summed E-state index contributed by atoms with van der Waals surface area (Å²) in [7, 11) is 0. The zero-order valence-corrected chi connectivity index (χ0v) is 7.49. The van der Waals surface area contributed by atoms with Gasteiger partial charge in [0.05, 0.1) is 12.6 Å². The number of nitrogens with zero attached hydrogens (tertiary/aromatic N) is 1. The third kappa shape index (κ3) is 2.77. The predicted octanol–water partition coefficient (Wildman–Crippen LogP) is 1.29. The Bertz CT molecular complexity index is 317. The molecule has 0 saturated carbocycles. The van der Waals surface area contributed by atoms with E-state index in [0.29, 0.717) is 0 Å². The number of aliphatic hydroxyl groups excluding tert-OH is 1. The lowest BCUT2D eigenvalue weighted by atomic mass is 10.2. The molecule has 0 aliphatic rings. The van der Waals surface area contributed by atoms with Crippen molar-refractivity contribution in [2.45, 2.75) is 13.0 Å². The molecule has 0 bridgehead atoms. The molecule has 1 aromatic rings. The number of nitrogens with one attached hydrogen (secondary N) is 1. The van der Waals surface area contributed by atoms with Gasteiger partial charge in [0.1, 0.15) is 0 Å². The summed E-state index contributed by atoms with van der Waals surface area (Å²) in [5, 5.41) is 20.3. The highest BCUT2D eigenvalue weighted by atomic mass is 16.3. The Morgan fingerprint density at radius 3 is 2.85 bits per heavy atom. The van der Waals surface area contributed by atoms with Crippen LogP contribution in [0, 0.1) is 18.3 Å². The Balaban J connectivity index is 2.56. The van der Waals surface area contributed by atoms with Crippen molar-refractivity contribution in [3.05, 3.63) is 29.8 Å². The molecule has 1 rings (SSSR count). The van der Waals surface area contributed by atoms with Crippen LogP contribution in [0.1, 0.15) is 5.56 Å². The molecule has 0 amide bonds. The number of rotatable bonds is 3. The lowest BCUT2D eigenvalue weighted by Crippen LogP contribution is -2.17. The molecule has 1 aromatic carbocycles. The second-order valence-electron chi connectivity index (χ2n) is 2.84. The summed E-state index contributed by atoms with van der Waals surface area (Å²) >= 11 is 0. The minimum atomic E-state index is -0.945. The van der Waals surface area contributed by atoms with E-state index < -0.39 is 6.10 Å². The largest absolute Gasteiger partial charge is 0.381 e. The lowest BCUT2D eigenvalue weighted by molar-refractivity contribution is 0.243. The van der Waals surface area contributed by atoms with Gasteiger partial charge in [0.25, 0.3) is 0 Å². The molecule has 0 radical (unpaired) electrons. The molecule has 68 valence electrons. The molecule has 0 heterocycles. The predicted molar refractivity (Wildman–Crippen MR) is 51.3 cm³/mol. The average Bonchev–Trinajstić information content (AvgIpc) is 2.16. The van der Waals surface area contributed by atoms with Gasteiger partial charge in [0, 0.05) is 5.69 Å². The Kier molecular flexibility index (Phi) is 3.30. The average molecular weight is 176 g/mol. The van der Waals surface area contributed by atoms with E-state index in [4.69, 9.17) is 10.4 Å². The van der Waals surface area contributed by atoms with Crippen LogP contribution in [0.15, 0.2) is 24.3 Å². The van der Waals surface area contributed by atoms with Crippen molar-refractivity contribution in [1.82, 2.24) is 0 Å². The van der Waals surface area contributed by atoms with Crippen LogP contribution < -0.4 is 5.32 Å². The summed E-state index contributed by atoms with van der Waals surface area (Å²) in [4.78, 5) is 0. The van der Waals surface area contributed by atoms with E-state index >= 15 is 0 Å². The van der Waals surface area contributed by atoms with Crippen molar-refractivity contribution in [1.29, 1.82) is 5.26 Å². The first-order valence-corrected chi connectivity index (χ1v) is 4.11. The van der Waals surface area contributed by atoms with Crippen LogP contribution in [0.2, 0.25) is 0 Å². The Labute approximate surface area is 77.6 Å². The van der Waals surface area contributed by atoms with Gasteiger partial charge in [-0.2, -0.15) is 5.26 Å². The van der Waals surface area contributed by atoms with Crippen molar-refractivity contribution < 1.29 is 5.11 Å². The number of hydrogen-bond acceptors (Lipinski definition) is 3. The van der Waals surface area contributed by atoms with Crippen LogP contribution >= 0.6 is 0 Å². The number of para-hydroxylation sites is 1. The molecular formula is C10H12N2O. The maximum atomic E-state index is 8.99. The number of nitriles is 1. The normalized spacial score (nSPS) is 11.8. The van der Waals surface area contributed by atoms with Gasteiger partial charge in [-0.15, -0.1) is 0 Å². The maximum absolute atomic E-state index is 8.99. The molecule has 3 nitrogen and oxygen atoms in total. The van der Waals surface area contributed by atoms with E-state index in [-0.39, 0.29) is 6.54 Å². The lowest BCUT2D eigenvalue weighted by Gasteiger charge is -2.08. The zero-order chi connectivity index (χ0) is 9.68. The third-order valence-corrected chi connectivity index (χ3v) is 1.78. The van der Waals surface area contributed by atoms with Gasteiger partial charge in [-0.25, -0.2) is 0 Å². The summed E-state index contributed by atoms with van der Waals surface area (Å²) in [5.41, 5.74) is 2.06. The Hall–Kier alpha value is -1.53. The molecule has 2 N–H and O–H groups in total. The highest BCUT2D eigenvalue weighted by molar-refractivity contribution is 5.50. The highest BCUT2D eigenvalue weighted by Crippen LogP contribution is 2.12. The summed E-state index contributed by atoms with van der Waals surface area (Å²) < 4.78 is 0. The third-order valence-electron chi connectivity index (χ3n) is 1.78. The van der Waals surface area contributed by atoms with E-state index in [1.165, 1.54) is 0 Å². The van der Waals surface area contributed by atoms with Crippen molar-refractivity contribution >= 4 is 5.69 Å². The second-order valence-corrected chi connectivity index (χ2v) is 2.84. The number of aryl methyl sites for hydroxylation is 1. The van der Waals surface area contributed by atoms with Gasteiger partial charge in [-0.3, -0.25) is 0 Å². The second kappa shape index (κ2) is 4.48. The van der Waals surface area contributed by atoms with E-state index in [1.54, 1.807) is 6.07 Å².